The van der Waals surface area contributed by atoms with Gasteiger partial charge in [0.2, 0.25) is 0 Å². The number of hydrogen-bond donors (Lipinski definition) is 1. The Bertz CT molecular complexity index is 466. The lowest BCUT2D eigenvalue weighted by Crippen LogP contribution is -2.33. The first-order valence-electron chi connectivity index (χ1n) is 7.75. The fraction of sp³-hybridized carbons (Fsp3) is 0.529. The molecule has 2 N–H and O–H groups in total. The van der Waals surface area contributed by atoms with Crippen LogP contribution in [0.1, 0.15) is 55.5 Å². The highest BCUT2D eigenvalue weighted by Crippen LogP contribution is 2.11. The number of carbonyl (C=O) groups is 1. The molecule has 3 nitrogen and oxygen atoms in total. The van der Waals surface area contributed by atoms with Gasteiger partial charge in [-0.05, 0) is 30.5 Å². The first-order chi connectivity index (χ1) is 10.1. The Morgan fingerprint density at radius 1 is 1.19 bits per heavy atom. The molecule has 0 heterocycles. The molecule has 0 fully saturated rings. The molecule has 21 heavy (non-hydrogen) atoms. The minimum Gasteiger partial charge on any atom is -0.393 e. The monoisotopic (exact) mass is 306 g/mol. The second-order valence-corrected chi connectivity index (χ2v) is 5.87. The van der Waals surface area contributed by atoms with Gasteiger partial charge < -0.3 is 10.6 Å². The number of unbranched alkanes of at least 4 members (excludes halogenated alkanes) is 2. The van der Waals surface area contributed by atoms with Gasteiger partial charge in [-0.2, -0.15) is 0 Å². The maximum atomic E-state index is 12.7. The van der Waals surface area contributed by atoms with Gasteiger partial charge in [-0.1, -0.05) is 51.0 Å². The highest BCUT2D eigenvalue weighted by Gasteiger charge is 2.15. The van der Waals surface area contributed by atoms with Crippen LogP contribution >= 0.6 is 12.2 Å². The highest BCUT2D eigenvalue weighted by atomic mass is 32.1. The van der Waals surface area contributed by atoms with Crippen LogP contribution in [0.25, 0.3) is 0 Å². The molecule has 0 spiro atoms. The average molecular weight is 306 g/mol. The van der Waals surface area contributed by atoms with Crippen LogP contribution in [-0.2, 0) is 6.42 Å². The first-order valence-corrected chi connectivity index (χ1v) is 8.15. The summed E-state index contributed by atoms with van der Waals surface area (Å²) in [5.74, 6) is 0.113. The topological polar surface area (TPSA) is 46.3 Å². The zero-order valence-corrected chi connectivity index (χ0v) is 13.9. The molecule has 4 heteroatoms. The summed E-state index contributed by atoms with van der Waals surface area (Å²) in [6.07, 6.45) is 4.82. The Kier molecular flexibility index (Phi) is 7.98. The van der Waals surface area contributed by atoms with E-state index >= 15 is 0 Å². The van der Waals surface area contributed by atoms with Gasteiger partial charge in [0.05, 0.1) is 4.99 Å². The molecule has 0 bridgehead atoms. The highest BCUT2D eigenvalue weighted by molar-refractivity contribution is 7.80. The van der Waals surface area contributed by atoms with Crippen LogP contribution in [0.15, 0.2) is 24.3 Å². The fourth-order valence-electron chi connectivity index (χ4n) is 2.21. The molecule has 0 aliphatic carbocycles. The summed E-state index contributed by atoms with van der Waals surface area (Å²) in [4.78, 5) is 15.1. The summed E-state index contributed by atoms with van der Waals surface area (Å²) in [5, 5.41) is 0. The molecule has 1 amide bonds. The maximum absolute atomic E-state index is 12.7. The number of nitrogens with two attached hydrogens (primary N) is 1. The maximum Gasteiger partial charge on any atom is 0.253 e. The van der Waals surface area contributed by atoms with Gasteiger partial charge in [0.1, 0.15) is 0 Å². The minimum absolute atomic E-state index is 0.113. The number of rotatable bonds is 9. The SMILES string of the molecule is CCCCN(CCCC)C(=O)c1cccc(CC(N)=S)c1. The molecule has 0 radical (unpaired) electrons. The third-order valence-corrected chi connectivity index (χ3v) is 3.55. The van der Waals surface area contributed by atoms with E-state index in [1.807, 2.05) is 29.2 Å². The largest absolute Gasteiger partial charge is 0.393 e. The molecule has 1 aromatic rings. The van der Waals surface area contributed by atoms with Crippen molar-refractivity contribution in [2.75, 3.05) is 13.1 Å². The molecule has 116 valence electrons. The second-order valence-electron chi connectivity index (χ2n) is 5.34. The predicted octanol–water partition coefficient (Wildman–Crippen LogP) is 3.56. The standard InChI is InChI=1S/C17H26N2OS/c1-3-5-10-19(11-6-4-2)17(20)15-9-7-8-14(12-15)13-16(18)21/h7-9,12H,3-6,10-11,13H2,1-2H3,(H2,18,21). The van der Waals surface area contributed by atoms with Crippen molar-refractivity contribution in [1.29, 1.82) is 0 Å². The van der Waals surface area contributed by atoms with Gasteiger partial charge in [-0.25, -0.2) is 0 Å². The number of thiocarbonyl (C=S) groups is 1. The van der Waals surface area contributed by atoms with Crippen molar-refractivity contribution in [3.05, 3.63) is 35.4 Å². The van der Waals surface area contributed by atoms with Crippen molar-refractivity contribution in [3.8, 4) is 0 Å². The van der Waals surface area contributed by atoms with E-state index in [-0.39, 0.29) is 5.91 Å². The molecule has 1 aromatic carbocycles. The van der Waals surface area contributed by atoms with Crippen LogP contribution in [-0.4, -0.2) is 28.9 Å². The van der Waals surface area contributed by atoms with Crippen molar-refractivity contribution in [2.45, 2.75) is 46.0 Å². The predicted molar refractivity (Wildman–Crippen MR) is 92.7 cm³/mol. The molecule has 0 aliphatic rings. The summed E-state index contributed by atoms with van der Waals surface area (Å²) < 4.78 is 0. The van der Waals surface area contributed by atoms with E-state index < -0.39 is 0 Å². The first kappa shape index (κ1) is 17.6. The van der Waals surface area contributed by atoms with Gasteiger partial charge in [0.25, 0.3) is 5.91 Å². The van der Waals surface area contributed by atoms with E-state index in [0.717, 1.165) is 49.9 Å². The molecule has 0 aromatic heterocycles. The second kappa shape index (κ2) is 9.50. The van der Waals surface area contributed by atoms with E-state index in [9.17, 15) is 4.79 Å². The number of hydrogen-bond acceptors (Lipinski definition) is 2. The third kappa shape index (κ3) is 6.25. The van der Waals surface area contributed by atoms with Crippen LogP contribution in [0.3, 0.4) is 0 Å². The zero-order valence-electron chi connectivity index (χ0n) is 13.1. The third-order valence-electron chi connectivity index (χ3n) is 3.40. The molecule has 0 unspecified atom stereocenters. The van der Waals surface area contributed by atoms with E-state index in [0.29, 0.717) is 11.4 Å². The quantitative estimate of drug-likeness (QED) is 0.710. The molecule has 1 rings (SSSR count). The normalized spacial score (nSPS) is 10.4. The number of amides is 1. The Morgan fingerprint density at radius 2 is 1.81 bits per heavy atom. The van der Waals surface area contributed by atoms with Crippen molar-refractivity contribution in [2.24, 2.45) is 5.73 Å². The van der Waals surface area contributed by atoms with Gasteiger partial charge in [-0.3, -0.25) is 4.79 Å². The Hall–Kier alpha value is -1.42. The fourth-order valence-corrected chi connectivity index (χ4v) is 2.38. The zero-order chi connectivity index (χ0) is 15.7. The molecule has 0 saturated heterocycles. The average Bonchev–Trinajstić information content (AvgIpc) is 2.46. The minimum atomic E-state index is 0.113. The summed E-state index contributed by atoms with van der Waals surface area (Å²) in [6, 6.07) is 7.64. The smallest absolute Gasteiger partial charge is 0.253 e. The Morgan fingerprint density at radius 3 is 2.33 bits per heavy atom. The number of carbonyl (C=O) groups excluding carboxylic acids is 1. The van der Waals surface area contributed by atoms with Crippen molar-refractivity contribution in [1.82, 2.24) is 4.90 Å². The summed E-state index contributed by atoms with van der Waals surface area (Å²) in [5.41, 5.74) is 7.31. The molecular formula is C17H26N2OS. The van der Waals surface area contributed by atoms with Crippen LogP contribution in [0.5, 0.6) is 0 Å². The van der Waals surface area contributed by atoms with E-state index in [1.54, 1.807) is 0 Å². The van der Waals surface area contributed by atoms with Gasteiger partial charge in [-0.15, -0.1) is 0 Å². The van der Waals surface area contributed by atoms with Gasteiger partial charge >= 0.3 is 0 Å². The summed E-state index contributed by atoms with van der Waals surface area (Å²) in [7, 11) is 0. The van der Waals surface area contributed by atoms with E-state index in [4.69, 9.17) is 18.0 Å². The van der Waals surface area contributed by atoms with E-state index in [2.05, 4.69) is 13.8 Å². The number of benzene rings is 1. The van der Waals surface area contributed by atoms with Crippen molar-refractivity contribution in [3.63, 3.8) is 0 Å². The molecule has 0 saturated carbocycles. The van der Waals surface area contributed by atoms with Crippen LogP contribution in [0.2, 0.25) is 0 Å². The molecular weight excluding hydrogens is 280 g/mol. The van der Waals surface area contributed by atoms with Crippen molar-refractivity contribution >= 4 is 23.1 Å². The Labute approximate surface area is 133 Å². The lowest BCUT2D eigenvalue weighted by molar-refractivity contribution is 0.0751. The van der Waals surface area contributed by atoms with Gasteiger partial charge in [0, 0.05) is 25.1 Å². The molecule has 0 atom stereocenters. The summed E-state index contributed by atoms with van der Waals surface area (Å²) in [6.45, 7) is 5.94. The number of nitrogens with zero attached hydrogens (tertiary/aromatic N) is 1. The molecule has 0 aliphatic heterocycles. The van der Waals surface area contributed by atoms with Gasteiger partial charge in [0.15, 0.2) is 0 Å². The summed E-state index contributed by atoms with van der Waals surface area (Å²) >= 11 is 4.94. The van der Waals surface area contributed by atoms with Crippen LogP contribution < -0.4 is 5.73 Å². The van der Waals surface area contributed by atoms with Crippen LogP contribution in [0, 0.1) is 0 Å². The van der Waals surface area contributed by atoms with E-state index in [1.165, 1.54) is 0 Å². The van der Waals surface area contributed by atoms with Crippen LogP contribution in [0.4, 0.5) is 0 Å². The van der Waals surface area contributed by atoms with Crippen molar-refractivity contribution < 1.29 is 4.79 Å². The lowest BCUT2D eigenvalue weighted by atomic mass is 10.1. The Balaban J connectivity index is 2.83. The lowest BCUT2D eigenvalue weighted by Gasteiger charge is -2.22.